The smallest absolute Gasteiger partial charge is 0.303 e. The molecule has 16 heavy (non-hydrogen) atoms. The summed E-state index contributed by atoms with van der Waals surface area (Å²) >= 11 is 0. The van der Waals surface area contributed by atoms with Crippen molar-refractivity contribution in [2.24, 2.45) is 5.92 Å². The van der Waals surface area contributed by atoms with Crippen molar-refractivity contribution in [1.29, 1.82) is 0 Å². The Morgan fingerprint density at radius 1 is 1.38 bits per heavy atom. The molecule has 1 aromatic rings. The van der Waals surface area contributed by atoms with Crippen LogP contribution < -0.4 is 4.90 Å². The normalized spacial score (nSPS) is 17.4. The first-order valence-corrected chi connectivity index (χ1v) is 5.47. The molecule has 1 fully saturated rings. The van der Waals surface area contributed by atoms with Crippen LogP contribution in [0.5, 0.6) is 0 Å². The Hall–Kier alpha value is -1.65. The topological polar surface area (TPSA) is 66.3 Å². The fourth-order valence-electron chi connectivity index (χ4n) is 2.10. The molecule has 1 aliphatic heterocycles. The summed E-state index contributed by atoms with van der Waals surface area (Å²) in [5.41, 5.74) is 1.02. The lowest BCUT2D eigenvalue weighted by molar-refractivity contribution is -0.138. The number of aromatic nitrogens is 2. The molecular weight excluding hydrogens is 206 g/mol. The Bertz CT molecular complexity index is 348. The van der Waals surface area contributed by atoms with Gasteiger partial charge >= 0.3 is 5.97 Å². The van der Waals surface area contributed by atoms with E-state index in [1.165, 1.54) is 6.33 Å². The maximum Gasteiger partial charge on any atom is 0.303 e. The molecule has 2 heterocycles. The molecule has 5 heteroatoms. The maximum absolute atomic E-state index is 10.6. The van der Waals surface area contributed by atoms with Crippen molar-refractivity contribution in [3.05, 3.63) is 18.7 Å². The van der Waals surface area contributed by atoms with E-state index in [0.29, 0.717) is 12.3 Å². The summed E-state index contributed by atoms with van der Waals surface area (Å²) < 4.78 is 0. The average Bonchev–Trinajstić information content (AvgIpc) is 2.30. The van der Waals surface area contributed by atoms with E-state index >= 15 is 0 Å². The zero-order chi connectivity index (χ0) is 11.4. The molecule has 5 nitrogen and oxygen atoms in total. The molecule has 1 aromatic heterocycles. The number of aliphatic carboxylic acids is 1. The van der Waals surface area contributed by atoms with Crippen molar-refractivity contribution in [1.82, 2.24) is 9.97 Å². The number of carboxylic acids is 1. The molecule has 0 bridgehead atoms. The van der Waals surface area contributed by atoms with Crippen LogP contribution in [0.2, 0.25) is 0 Å². The van der Waals surface area contributed by atoms with Crippen LogP contribution in [0.3, 0.4) is 0 Å². The Labute approximate surface area is 94.1 Å². The summed E-state index contributed by atoms with van der Waals surface area (Å²) in [6.45, 7) is 1.79. The molecule has 0 radical (unpaired) electrons. The van der Waals surface area contributed by atoms with E-state index in [1.54, 1.807) is 12.4 Å². The van der Waals surface area contributed by atoms with Crippen LogP contribution >= 0.6 is 0 Å². The summed E-state index contributed by atoms with van der Waals surface area (Å²) in [4.78, 5) is 20.8. The summed E-state index contributed by atoms with van der Waals surface area (Å²) in [7, 11) is 0. The van der Waals surface area contributed by atoms with E-state index in [1.807, 2.05) is 0 Å². The number of hydrogen-bond donors (Lipinski definition) is 1. The van der Waals surface area contributed by atoms with Crippen molar-refractivity contribution in [2.75, 3.05) is 18.0 Å². The second-order valence-electron chi connectivity index (χ2n) is 4.12. The van der Waals surface area contributed by atoms with Gasteiger partial charge in [0.05, 0.1) is 18.1 Å². The number of rotatable bonds is 3. The number of nitrogens with zero attached hydrogens (tertiary/aromatic N) is 3. The first kappa shape index (κ1) is 10.9. The van der Waals surface area contributed by atoms with Crippen LogP contribution in [0.1, 0.15) is 19.3 Å². The van der Waals surface area contributed by atoms with Crippen molar-refractivity contribution >= 4 is 11.7 Å². The van der Waals surface area contributed by atoms with Gasteiger partial charge in [-0.05, 0) is 18.8 Å². The van der Waals surface area contributed by atoms with E-state index in [0.717, 1.165) is 31.6 Å². The average molecular weight is 221 g/mol. The minimum Gasteiger partial charge on any atom is -0.481 e. The maximum atomic E-state index is 10.6. The number of carboxylic acid groups (broad SMARTS) is 1. The Kier molecular flexibility index (Phi) is 3.34. The molecule has 0 aromatic carbocycles. The molecule has 86 valence electrons. The lowest BCUT2D eigenvalue weighted by atomic mass is 9.93. The predicted octanol–water partition coefficient (Wildman–Crippen LogP) is 1.17. The highest BCUT2D eigenvalue weighted by Crippen LogP contribution is 2.23. The lowest BCUT2D eigenvalue weighted by Crippen LogP contribution is -2.34. The fraction of sp³-hybridized carbons (Fsp3) is 0.545. The van der Waals surface area contributed by atoms with Gasteiger partial charge in [0.15, 0.2) is 0 Å². The zero-order valence-corrected chi connectivity index (χ0v) is 9.04. The van der Waals surface area contributed by atoms with Gasteiger partial charge in [0, 0.05) is 19.5 Å². The Morgan fingerprint density at radius 3 is 2.56 bits per heavy atom. The van der Waals surface area contributed by atoms with E-state index in [-0.39, 0.29) is 0 Å². The van der Waals surface area contributed by atoms with E-state index in [4.69, 9.17) is 5.11 Å². The highest BCUT2D eigenvalue weighted by Gasteiger charge is 2.21. The third-order valence-corrected chi connectivity index (χ3v) is 2.99. The van der Waals surface area contributed by atoms with E-state index < -0.39 is 5.97 Å². The number of piperidine rings is 1. The quantitative estimate of drug-likeness (QED) is 0.829. The van der Waals surface area contributed by atoms with Gasteiger partial charge in [-0.15, -0.1) is 0 Å². The third kappa shape index (κ3) is 2.68. The van der Waals surface area contributed by atoms with Crippen LogP contribution in [-0.2, 0) is 4.79 Å². The number of hydrogen-bond acceptors (Lipinski definition) is 4. The molecule has 0 spiro atoms. The standard InChI is InChI=1S/C11H15N3O2/c15-11(16)5-9-1-3-14(4-2-9)10-6-12-8-13-7-10/h6-9H,1-5H2,(H,15,16). The van der Waals surface area contributed by atoms with Gasteiger partial charge in [0.2, 0.25) is 0 Å². The second kappa shape index (κ2) is 4.92. The van der Waals surface area contributed by atoms with Gasteiger partial charge in [-0.2, -0.15) is 0 Å². The largest absolute Gasteiger partial charge is 0.481 e. The highest BCUT2D eigenvalue weighted by molar-refractivity contribution is 5.67. The molecule has 0 unspecified atom stereocenters. The van der Waals surface area contributed by atoms with Crippen LogP contribution in [0.4, 0.5) is 5.69 Å². The highest BCUT2D eigenvalue weighted by atomic mass is 16.4. The number of carbonyl (C=O) groups is 1. The monoisotopic (exact) mass is 221 g/mol. The van der Waals surface area contributed by atoms with Crippen LogP contribution in [0, 0.1) is 5.92 Å². The molecule has 0 atom stereocenters. The first-order valence-electron chi connectivity index (χ1n) is 5.47. The molecule has 0 amide bonds. The first-order chi connectivity index (χ1) is 7.75. The zero-order valence-electron chi connectivity index (χ0n) is 9.04. The van der Waals surface area contributed by atoms with Gasteiger partial charge in [-0.3, -0.25) is 4.79 Å². The third-order valence-electron chi connectivity index (χ3n) is 2.99. The second-order valence-corrected chi connectivity index (χ2v) is 4.12. The summed E-state index contributed by atoms with van der Waals surface area (Å²) in [5.74, 6) is -0.375. The van der Waals surface area contributed by atoms with Crippen molar-refractivity contribution < 1.29 is 9.90 Å². The van der Waals surface area contributed by atoms with Gasteiger partial charge in [-0.25, -0.2) is 9.97 Å². The van der Waals surface area contributed by atoms with Gasteiger partial charge < -0.3 is 10.0 Å². The van der Waals surface area contributed by atoms with Crippen LogP contribution in [0.25, 0.3) is 0 Å². The molecule has 1 N–H and O–H groups in total. The molecular formula is C11H15N3O2. The predicted molar refractivity (Wildman–Crippen MR) is 59.2 cm³/mol. The summed E-state index contributed by atoms with van der Waals surface area (Å²) in [5, 5.41) is 8.72. The Balaban J connectivity index is 1.88. The molecule has 0 aliphatic carbocycles. The van der Waals surface area contributed by atoms with Gasteiger partial charge in [0.1, 0.15) is 6.33 Å². The van der Waals surface area contributed by atoms with E-state index in [2.05, 4.69) is 14.9 Å². The van der Waals surface area contributed by atoms with Crippen LogP contribution in [0.15, 0.2) is 18.7 Å². The minimum atomic E-state index is -0.693. The molecule has 1 saturated heterocycles. The molecule has 2 rings (SSSR count). The summed E-state index contributed by atoms with van der Waals surface area (Å²) in [6.07, 6.45) is 7.26. The minimum absolute atomic E-state index is 0.291. The lowest BCUT2D eigenvalue weighted by Gasteiger charge is -2.32. The Morgan fingerprint density at radius 2 is 2.00 bits per heavy atom. The van der Waals surface area contributed by atoms with E-state index in [9.17, 15) is 4.79 Å². The van der Waals surface area contributed by atoms with Crippen molar-refractivity contribution in [2.45, 2.75) is 19.3 Å². The summed E-state index contributed by atoms with van der Waals surface area (Å²) in [6, 6.07) is 0. The number of anilines is 1. The molecule has 1 aliphatic rings. The van der Waals surface area contributed by atoms with Crippen LogP contribution in [-0.4, -0.2) is 34.1 Å². The fourth-order valence-corrected chi connectivity index (χ4v) is 2.10. The van der Waals surface area contributed by atoms with Gasteiger partial charge in [-0.1, -0.05) is 0 Å². The molecule has 0 saturated carbocycles. The van der Waals surface area contributed by atoms with Gasteiger partial charge in [0.25, 0.3) is 0 Å². The van der Waals surface area contributed by atoms with Crippen molar-refractivity contribution in [3.63, 3.8) is 0 Å². The SMILES string of the molecule is O=C(O)CC1CCN(c2cncnc2)CC1. The van der Waals surface area contributed by atoms with Crippen molar-refractivity contribution in [3.8, 4) is 0 Å².